The normalized spacial score (nSPS) is 28.2. The van der Waals surface area contributed by atoms with Crippen molar-refractivity contribution in [1.82, 2.24) is 9.78 Å². The standard InChI is InChI=1S/C10H16N2O/c1-2-12-9(6-7-11-12)8-4-3-5-10(8)13/h6-8,10,13H,2-5H2,1H3/t8-,10+/m1/s1. The van der Waals surface area contributed by atoms with Crippen LogP contribution in [0.25, 0.3) is 0 Å². The highest BCUT2D eigenvalue weighted by atomic mass is 16.3. The fraction of sp³-hybridized carbons (Fsp3) is 0.700. The van der Waals surface area contributed by atoms with Gasteiger partial charge in [-0.15, -0.1) is 0 Å². The van der Waals surface area contributed by atoms with E-state index in [1.54, 1.807) is 0 Å². The Morgan fingerprint density at radius 3 is 3.08 bits per heavy atom. The van der Waals surface area contributed by atoms with Gasteiger partial charge in [-0.25, -0.2) is 0 Å². The summed E-state index contributed by atoms with van der Waals surface area (Å²) in [4.78, 5) is 0. The van der Waals surface area contributed by atoms with E-state index in [1.807, 2.05) is 16.9 Å². The molecule has 3 heteroatoms. The van der Waals surface area contributed by atoms with Gasteiger partial charge < -0.3 is 5.11 Å². The molecule has 1 aliphatic rings. The second-order valence-corrected chi connectivity index (χ2v) is 3.68. The molecule has 1 N–H and O–H groups in total. The van der Waals surface area contributed by atoms with Crippen molar-refractivity contribution in [3.8, 4) is 0 Å². The van der Waals surface area contributed by atoms with E-state index in [0.29, 0.717) is 5.92 Å². The molecule has 2 rings (SSSR count). The minimum Gasteiger partial charge on any atom is -0.392 e. The molecule has 0 unspecified atom stereocenters. The van der Waals surface area contributed by atoms with E-state index in [-0.39, 0.29) is 6.10 Å². The second-order valence-electron chi connectivity index (χ2n) is 3.68. The van der Waals surface area contributed by atoms with Gasteiger partial charge in [0.25, 0.3) is 0 Å². The van der Waals surface area contributed by atoms with E-state index in [1.165, 1.54) is 5.69 Å². The molecule has 0 saturated heterocycles. The lowest BCUT2D eigenvalue weighted by molar-refractivity contribution is 0.160. The Bertz CT molecular complexity index is 282. The van der Waals surface area contributed by atoms with Crippen molar-refractivity contribution in [3.05, 3.63) is 18.0 Å². The maximum Gasteiger partial charge on any atom is 0.0623 e. The van der Waals surface area contributed by atoms with Crippen molar-refractivity contribution in [2.45, 2.75) is 44.8 Å². The molecule has 0 bridgehead atoms. The second kappa shape index (κ2) is 3.50. The van der Waals surface area contributed by atoms with Gasteiger partial charge in [0.1, 0.15) is 0 Å². The van der Waals surface area contributed by atoms with Gasteiger partial charge in [0.05, 0.1) is 6.10 Å². The van der Waals surface area contributed by atoms with Gasteiger partial charge in [-0.3, -0.25) is 4.68 Å². The van der Waals surface area contributed by atoms with Gasteiger partial charge in [0, 0.05) is 24.4 Å². The molecule has 1 aromatic heterocycles. The smallest absolute Gasteiger partial charge is 0.0623 e. The van der Waals surface area contributed by atoms with Crippen LogP contribution in [0.3, 0.4) is 0 Å². The lowest BCUT2D eigenvalue weighted by Crippen LogP contribution is -2.15. The Morgan fingerprint density at radius 1 is 1.62 bits per heavy atom. The number of aliphatic hydroxyl groups is 1. The van der Waals surface area contributed by atoms with Gasteiger partial charge in [0.2, 0.25) is 0 Å². The Labute approximate surface area is 78.4 Å². The molecule has 3 nitrogen and oxygen atoms in total. The first-order valence-corrected chi connectivity index (χ1v) is 5.02. The van der Waals surface area contributed by atoms with E-state index in [0.717, 1.165) is 25.8 Å². The van der Waals surface area contributed by atoms with E-state index < -0.39 is 0 Å². The molecule has 0 spiro atoms. The maximum absolute atomic E-state index is 9.74. The van der Waals surface area contributed by atoms with Crippen molar-refractivity contribution >= 4 is 0 Å². The summed E-state index contributed by atoms with van der Waals surface area (Å²) < 4.78 is 1.99. The van der Waals surface area contributed by atoms with Crippen molar-refractivity contribution < 1.29 is 5.11 Å². The molecule has 0 amide bonds. The molecule has 1 saturated carbocycles. The first kappa shape index (κ1) is 8.75. The fourth-order valence-corrected chi connectivity index (χ4v) is 2.21. The zero-order valence-corrected chi connectivity index (χ0v) is 7.98. The SMILES string of the molecule is CCn1nccc1[C@H]1CCC[C@@H]1O. The highest BCUT2D eigenvalue weighted by molar-refractivity contribution is 5.11. The van der Waals surface area contributed by atoms with Crippen LogP contribution in [-0.4, -0.2) is 21.0 Å². The average Bonchev–Trinajstić information content (AvgIpc) is 2.71. The fourth-order valence-electron chi connectivity index (χ4n) is 2.21. The molecule has 72 valence electrons. The van der Waals surface area contributed by atoms with Crippen molar-refractivity contribution in [2.24, 2.45) is 0 Å². The quantitative estimate of drug-likeness (QED) is 0.749. The third-order valence-corrected chi connectivity index (χ3v) is 2.91. The molecule has 0 aromatic carbocycles. The number of aryl methyl sites for hydroxylation is 1. The zero-order chi connectivity index (χ0) is 9.26. The van der Waals surface area contributed by atoms with Crippen LogP contribution < -0.4 is 0 Å². The van der Waals surface area contributed by atoms with Crippen molar-refractivity contribution in [1.29, 1.82) is 0 Å². The molecule has 2 atom stereocenters. The number of aromatic nitrogens is 2. The Kier molecular flexibility index (Phi) is 2.36. The van der Waals surface area contributed by atoms with Gasteiger partial charge in [-0.2, -0.15) is 5.10 Å². The average molecular weight is 180 g/mol. The number of nitrogens with zero attached hydrogens (tertiary/aromatic N) is 2. The van der Waals surface area contributed by atoms with Gasteiger partial charge in [0.15, 0.2) is 0 Å². The van der Waals surface area contributed by atoms with Gasteiger partial charge >= 0.3 is 0 Å². The summed E-state index contributed by atoms with van der Waals surface area (Å²) in [6, 6.07) is 2.03. The highest BCUT2D eigenvalue weighted by Crippen LogP contribution is 2.34. The van der Waals surface area contributed by atoms with E-state index in [2.05, 4.69) is 12.0 Å². The molecule has 0 radical (unpaired) electrons. The largest absolute Gasteiger partial charge is 0.392 e. The number of hydrogen-bond donors (Lipinski definition) is 1. The first-order chi connectivity index (χ1) is 6.33. The molecule has 1 fully saturated rings. The third-order valence-electron chi connectivity index (χ3n) is 2.91. The molecule has 13 heavy (non-hydrogen) atoms. The summed E-state index contributed by atoms with van der Waals surface area (Å²) in [6.45, 7) is 2.98. The van der Waals surface area contributed by atoms with Crippen LogP contribution in [0.2, 0.25) is 0 Å². The van der Waals surface area contributed by atoms with E-state index in [9.17, 15) is 5.11 Å². The van der Waals surface area contributed by atoms with Gasteiger partial charge in [-0.1, -0.05) is 6.42 Å². The van der Waals surface area contributed by atoms with E-state index >= 15 is 0 Å². The highest BCUT2D eigenvalue weighted by Gasteiger charge is 2.28. The molecule has 1 heterocycles. The van der Waals surface area contributed by atoms with Crippen LogP contribution in [-0.2, 0) is 6.54 Å². The summed E-state index contributed by atoms with van der Waals surface area (Å²) in [5, 5.41) is 14.0. The molecule has 1 aliphatic carbocycles. The predicted octanol–water partition coefficient (Wildman–Crippen LogP) is 1.53. The number of hydrogen-bond acceptors (Lipinski definition) is 2. The lowest BCUT2D eigenvalue weighted by atomic mass is 10.0. The van der Waals surface area contributed by atoms with Crippen LogP contribution in [0, 0.1) is 0 Å². The third kappa shape index (κ3) is 1.48. The summed E-state index contributed by atoms with van der Waals surface area (Å²) in [6.07, 6.45) is 4.86. The van der Waals surface area contributed by atoms with Crippen LogP contribution in [0.4, 0.5) is 0 Å². The summed E-state index contributed by atoms with van der Waals surface area (Å²) in [5.74, 6) is 0.322. The first-order valence-electron chi connectivity index (χ1n) is 5.02. The lowest BCUT2D eigenvalue weighted by Gasteiger charge is -2.15. The van der Waals surface area contributed by atoms with Crippen molar-refractivity contribution in [3.63, 3.8) is 0 Å². The molecular weight excluding hydrogens is 164 g/mol. The Hall–Kier alpha value is -0.830. The number of aliphatic hydroxyl groups excluding tert-OH is 1. The minimum atomic E-state index is -0.151. The molecule has 1 aromatic rings. The predicted molar refractivity (Wildman–Crippen MR) is 50.5 cm³/mol. The van der Waals surface area contributed by atoms with Crippen molar-refractivity contribution in [2.75, 3.05) is 0 Å². The van der Waals surface area contributed by atoms with Crippen LogP contribution in [0.5, 0.6) is 0 Å². The Morgan fingerprint density at radius 2 is 2.46 bits per heavy atom. The summed E-state index contributed by atoms with van der Waals surface area (Å²) >= 11 is 0. The van der Waals surface area contributed by atoms with E-state index in [4.69, 9.17) is 0 Å². The monoisotopic (exact) mass is 180 g/mol. The Balaban J connectivity index is 2.23. The van der Waals surface area contributed by atoms with Gasteiger partial charge in [-0.05, 0) is 25.8 Å². The van der Waals surface area contributed by atoms with Crippen LogP contribution in [0.15, 0.2) is 12.3 Å². The summed E-state index contributed by atoms with van der Waals surface area (Å²) in [7, 11) is 0. The topological polar surface area (TPSA) is 38.0 Å². The maximum atomic E-state index is 9.74. The molecular formula is C10H16N2O. The van der Waals surface area contributed by atoms with Crippen LogP contribution >= 0.6 is 0 Å². The zero-order valence-electron chi connectivity index (χ0n) is 7.98. The summed E-state index contributed by atoms with van der Waals surface area (Å²) in [5.41, 5.74) is 1.20. The molecule has 0 aliphatic heterocycles. The van der Waals surface area contributed by atoms with Crippen LogP contribution in [0.1, 0.15) is 37.8 Å². The number of rotatable bonds is 2. The minimum absolute atomic E-state index is 0.151.